The maximum absolute atomic E-state index is 3.44. The van der Waals surface area contributed by atoms with Crippen LogP contribution in [0.25, 0.3) is 0 Å². The summed E-state index contributed by atoms with van der Waals surface area (Å²) in [4.78, 5) is 0. The third-order valence-electron chi connectivity index (χ3n) is 1.84. The molecule has 0 aromatic heterocycles. The van der Waals surface area contributed by atoms with Gasteiger partial charge in [0.25, 0.3) is 0 Å². The molecule has 0 bridgehead atoms. The normalized spacial score (nSPS) is 26.4. The molecular weight excluding hydrogens is 168 g/mol. The largest absolute Gasteiger partial charge is 0.378 e. The van der Waals surface area contributed by atoms with E-state index < -0.39 is 0 Å². The van der Waals surface area contributed by atoms with Crippen molar-refractivity contribution in [3.8, 4) is 0 Å². The van der Waals surface area contributed by atoms with Crippen LogP contribution in [-0.2, 0) is 0 Å². The highest BCUT2D eigenvalue weighted by Crippen LogP contribution is 2.31. The topological polar surface area (TPSA) is 24.1 Å². The van der Waals surface area contributed by atoms with Crippen molar-refractivity contribution in [2.24, 2.45) is 0 Å². The Labute approximate surface area is 79.2 Å². The molecule has 0 spiro atoms. The van der Waals surface area contributed by atoms with Crippen molar-refractivity contribution < 1.29 is 0 Å². The molecule has 2 aliphatic heterocycles. The van der Waals surface area contributed by atoms with Gasteiger partial charge in [0.05, 0.1) is 10.4 Å². The van der Waals surface area contributed by atoms with Crippen LogP contribution in [0, 0.1) is 0 Å². The van der Waals surface area contributed by atoms with Crippen LogP contribution in [0.3, 0.4) is 0 Å². The highest BCUT2D eigenvalue weighted by Gasteiger charge is 2.22. The van der Waals surface area contributed by atoms with E-state index >= 15 is 0 Å². The zero-order valence-corrected chi connectivity index (χ0v) is 8.92. The fourth-order valence-electron chi connectivity index (χ4n) is 1.39. The summed E-state index contributed by atoms with van der Waals surface area (Å²) in [5.41, 5.74) is 1.43. The molecule has 2 rings (SSSR count). The summed E-state index contributed by atoms with van der Waals surface area (Å²) >= 11 is 1.91. The molecule has 0 amide bonds. The lowest BCUT2D eigenvalue weighted by Crippen LogP contribution is -2.22. The Morgan fingerprint density at radius 2 is 2.17 bits per heavy atom. The Morgan fingerprint density at radius 3 is 2.83 bits per heavy atom. The SMILES string of the molecule is CC.CC1NC2=C(NCCC2)S1. The van der Waals surface area contributed by atoms with Gasteiger partial charge in [-0.05, 0) is 19.8 Å². The predicted molar refractivity (Wildman–Crippen MR) is 55.8 cm³/mol. The van der Waals surface area contributed by atoms with Crippen LogP contribution in [-0.4, -0.2) is 11.9 Å². The van der Waals surface area contributed by atoms with Crippen LogP contribution >= 0.6 is 11.8 Å². The molecular formula is C9H18N2S. The summed E-state index contributed by atoms with van der Waals surface area (Å²) in [6.45, 7) is 7.35. The van der Waals surface area contributed by atoms with Gasteiger partial charge in [0.2, 0.25) is 0 Å². The van der Waals surface area contributed by atoms with Gasteiger partial charge in [-0.1, -0.05) is 25.6 Å². The van der Waals surface area contributed by atoms with Crippen molar-refractivity contribution >= 4 is 11.8 Å². The smallest absolute Gasteiger partial charge is 0.0895 e. The molecule has 0 aromatic carbocycles. The quantitative estimate of drug-likeness (QED) is 0.607. The lowest BCUT2D eigenvalue weighted by molar-refractivity contribution is 0.645. The summed E-state index contributed by atoms with van der Waals surface area (Å²) in [7, 11) is 0. The third-order valence-corrected chi connectivity index (χ3v) is 2.93. The minimum atomic E-state index is 0.579. The van der Waals surface area contributed by atoms with E-state index in [4.69, 9.17) is 0 Å². The van der Waals surface area contributed by atoms with Gasteiger partial charge in [0.1, 0.15) is 0 Å². The van der Waals surface area contributed by atoms with Crippen LogP contribution in [0.5, 0.6) is 0 Å². The lowest BCUT2D eigenvalue weighted by atomic mass is 10.2. The monoisotopic (exact) mass is 186 g/mol. The summed E-state index contributed by atoms with van der Waals surface area (Å²) in [5.74, 6) is 0. The summed E-state index contributed by atoms with van der Waals surface area (Å²) < 4.78 is 0. The van der Waals surface area contributed by atoms with Gasteiger partial charge in [0.15, 0.2) is 0 Å². The second-order valence-electron chi connectivity index (χ2n) is 2.74. The lowest BCUT2D eigenvalue weighted by Gasteiger charge is -2.14. The molecule has 2 N–H and O–H groups in total. The van der Waals surface area contributed by atoms with Gasteiger partial charge in [-0.3, -0.25) is 0 Å². The molecule has 2 nitrogen and oxygen atoms in total. The van der Waals surface area contributed by atoms with E-state index in [0.29, 0.717) is 5.37 Å². The number of hydrogen-bond donors (Lipinski definition) is 2. The van der Waals surface area contributed by atoms with Crippen molar-refractivity contribution in [3.63, 3.8) is 0 Å². The molecule has 0 radical (unpaired) electrons. The zero-order valence-electron chi connectivity index (χ0n) is 8.11. The molecule has 0 aliphatic carbocycles. The molecule has 1 atom stereocenters. The maximum Gasteiger partial charge on any atom is 0.0895 e. The van der Waals surface area contributed by atoms with E-state index in [1.165, 1.54) is 23.6 Å². The van der Waals surface area contributed by atoms with Crippen LogP contribution in [0.1, 0.15) is 33.6 Å². The molecule has 2 aliphatic rings. The fraction of sp³-hybridized carbons (Fsp3) is 0.778. The maximum atomic E-state index is 3.44. The molecule has 0 saturated heterocycles. The minimum Gasteiger partial charge on any atom is -0.378 e. The van der Waals surface area contributed by atoms with E-state index in [9.17, 15) is 0 Å². The van der Waals surface area contributed by atoms with Gasteiger partial charge >= 0.3 is 0 Å². The van der Waals surface area contributed by atoms with Crippen molar-refractivity contribution in [2.75, 3.05) is 6.54 Å². The van der Waals surface area contributed by atoms with E-state index in [2.05, 4.69) is 17.6 Å². The Balaban J connectivity index is 0.000000336. The standard InChI is InChI=1S/C7H12N2S.C2H6/c1-5-9-6-3-2-4-8-7(6)10-5;1-2/h5,8-9H,2-4H2,1H3;1-2H3. The number of thioether (sulfide) groups is 1. The first-order valence-corrected chi connectivity index (χ1v) is 5.64. The summed E-state index contributed by atoms with van der Waals surface area (Å²) in [6, 6.07) is 0. The van der Waals surface area contributed by atoms with Gasteiger partial charge in [-0.2, -0.15) is 0 Å². The van der Waals surface area contributed by atoms with E-state index in [-0.39, 0.29) is 0 Å². The molecule has 70 valence electrons. The Kier molecular flexibility index (Phi) is 3.79. The molecule has 2 heterocycles. The van der Waals surface area contributed by atoms with Crippen LogP contribution in [0.2, 0.25) is 0 Å². The van der Waals surface area contributed by atoms with Crippen molar-refractivity contribution in [1.29, 1.82) is 0 Å². The van der Waals surface area contributed by atoms with Gasteiger partial charge in [-0.25, -0.2) is 0 Å². The second kappa shape index (κ2) is 4.65. The second-order valence-corrected chi connectivity index (χ2v) is 4.09. The van der Waals surface area contributed by atoms with E-state index in [1.54, 1.807) is 0 Å². The molecule has 0 aromatic rings. The molecule has 0 fully saturated rings. The molecule has 3 heteroatoms. The van der Waals surface area contributed by atoms with E-state index in [0.717, 1.165) is 6.54 Å². The minimum absolute atomic E-state index is 0.579. The number of hydrogen-bond acceptors (Lipinski definition) is 3. The average molecular weight is 186 g/mol. The first kappa shape index (κ1) is 9.78. The van der Waals surface area contributed by atoms with Crippen LogP contribution < -0.4 is 10.6 Å². The van der Waals surface area contributed by atoms with Gasteiger partial charge < -0.3 is 10.6 Å². The number of rotatable bonds is 0. The Morgan fingerprint density at radius 1 is 1.42 bits per heavy atom. The van der Waals surface area contributed by atoms with E-state index in [1.807, 2.05) is 25.6 Å². The van der Waals surface area contributed by atoms with Crippen molar-refractivity contribution in [1.82, 2.24) is 10.6 Å². The van der Waals surface area contributed by atoms with Crippen LogP contribution in [0.4, 0.5) is 0 Å². The van der Waals surface area contributed by atoms with Crippen molar-refractivity contribution in [2.45, 2.75) is 39.0 Å². The van der Waals surface area contributed by atoms with Crippen LogP contribution in [0.15, 0.2) is 10.7 Å². The first-order chi connectivity index (χ1) is 5.86. The fourth-order valence-corrected chi connectivity index (χ4v) is 2.43. The molecule has 0 saturated carbocycles. The molecule has 1 unspecified atom stereocenters. The first-order valence-electron chi connectivity index (χ1n) is 4.76. The molecule has 12 heavy (non-hydrogen) atoms. The summed E-state index contributed by atoms with van der Waals surface area (Å²) in [6.07, 6.45) is 2.51. The predicted octanol–water partition coefficient (Wildman–Crippen LogP) is 2.25. The number of allylic oxidation sites excluding steroid dienone is 1. The van der Waals surface area contributed by atoms with Crippen molar-refractivity contribution in [3.05, 3.63) is 10.7 Å². The highest BCUT2D eigenvalue weighted by molar-refractivity contribution is 8.03. The number of nitrogens with one attached hydrogen (secondary N) is 2. The summed E-state index contributed by atoms with van der Waals surface area (Å²) in [5, 5.41) is 8.79. The van der Waals surface area contributed by atoms with Gasteiger partial charge in [0, 0.05) is 12.2 Å². The Hall–Kier alpha value is -0.310. The highest BCUT2D eigenvalue weighted by atomic mass is 32.2. The Bertz CT molecular complexity index is 159. The third kappa shape index (κ3) is 2.09. The van der Waals surface area contributed by atoms with Gasteiger partial charge in [-0.15, -0.1) is 0 Å². The zero-order chi connectivity index (χ0) is 8.97. The average Bonchev–Trinajstić information content (AvgIpc) is 2.48.